The van der Waals surface area contributed by atoms with E-state index < -0.39 is 5.97 Å². The molecule has 0 aliphatic carbocycles. The monoisotopic (exact) mass is 230 g/mol. The molecule has 0 heterocycles. The summed E-state index contributed by atoms with van der Waals surface area (Å²) in [6.07, 6.45) is -0.289. The predicted octanol–water partition coefficient (Wildman–Crippen LogP) is 1.99. The van der Waals surface area contributed by atoms with Crippen molar-refractivity contribution >= 4 is 17.6 Å². The predicted molar refractivity (Wildman–Crippen MR) is 55.7 cm³/mol. The van der Waals surface area contributed by atoms with Crippen LogP contribution in [0.3, 0.4) is 0 Å². The Morgan fingerprint density at radius 1 is 1.60 bits per heavy atom. The van der Waals surface area contributed by atoms with Crippen LogP contribution in [0.5, 0.6) is 11.5 Å². The van der Waals surface area contributed by atoms with Gasteiger partial charge in [0.1, 0.15) is 0 Å². The van der Waals surface area contributed by atoms with Crippen LogP contribution in [0.4, 0.5) is 0 Å². The van der Waals surface area contributed by atoms with Gasteiger partial charge < -0.3 is 14.9 Å². The molecule has 1 aromatic rings. The molecule has 0 radical (unpaired) electrons. The fraction of sp³-hybridized carbons (Fsp3) is 0.300. The van der Waals surface area contributed by atoms with Gasteiger partial charge in [-0.05, 0) is 13.0 Å². The van der Waals surface area contributed by atoms with E-state index in [4.69, 9.17) is 21.4 Å². The van der Waals surface area contributed by atoms with Gasteiger partial charge >= 0.3 is 5.97 Å². The zero-order valence-electron chi connectivity index (χ0n) is 8.37. The van der Waals surface area contributed by atoms with Gasteiger partial charge in [-0.25, -0.2) is 0 Å². The number of carbonyl (C=O) groups is 1. The second-order valence-corrected chi connectivity index (χ2v) is 3.50. The van der Waals surface area contributed by atoms with E-state index in [1.165, 1.54) is 13.2 Å². The van der Waals surface area contributed by atoms with Gasteiger partial charge in [-0.15, -0.1) is 0 Å². The van der Waals surface area contributed by atoms with Crippen molar-refractivity contribution in [1.82, 2.24) is 0 Å². The number of carboxylic acids is 1. The van der Waals surface area contributed by atoms with E-state index in [-0.39, 0.29) is 23.5 Å². The fourth-order valence-electron chi connectivity index (χ4n) is 1.31. The first-order valence-corrected chi connectivity index (χ1v) is 4.62. The molecule has 0 saturated carbocycles. The van der Waals surface area contributed by atoms with Crippen LogP contribution in [-0.2, 0) is 11.2 Å². The highest BCUT2D eigenvalue weighted by atomic mass is 35.5. The van der Waals surface area contributed by atoms with E-state index in [0.29, 0.717) is 10.6 Å². The Hall–Kier alpha value is -1.42. The Morgan fingerprint density at radius 3 is 2.67 bits per heavy atom. The standard InChI is InChI=1S/C10H11ClO4/c1-5-7(11)3-6(4-8(12)13)9(14)10(5)15-2/h3,14H,4H2,1-2H3,(H,12,13). The average molecular weight is 231 g/mol. The molecule has 0 saturated heterocycles. The number of carboxylic acid groups (broad SMARTS) is 1. The minimum atomic E-state index is -1.03. The molecule has 82 valence electrons. The van der Waals surface area contributed by atoms with Crippen molar-refractivity contribution in [2.45, 2.75) is 13.3 Å². The maximum atomic E-state index is 10.5. The van der Waals surface area contributed by atoms with Crippen molar-refractivity contribution in [2.24, 2.45) is 0 Å². The number of methoxy groups -OCH3 is 1. The zero-order chi connectivity index (χ0) is 11.6. The molecule has 2 N–H and O–H groups in total. The number of aliphatic carboxylic acids is 1. The Bertz CT molecular complexity index is 401. The maximum Gasteiger partial charge on any atom is 0.307 e. The SMILES string of the molecule is COc1c(C)c(Cl)cc(CC(=O)O)c1O. The van der Waals surface area contributed by atoms with E-state index in [1.54, 1.807) is 6.92 Å². The van der Waals surface area contributed by atoms with Gasteiger partial charge in [0.15, 0.2) is 11.5 Å². The van der Waals surface area contributed by atoms with Crippen molar-refractivity contribution in [3.05, 3.63) is 22.2 Å². The van der Waals surface area contributed by atoms with Gasteiger partial charge in [0.05, 0.1) is 13.5 Å². The molecule has 0 amide bonds. The number of rotatable bonds is 3. The summed E-state index contributed by atoms with van der Waals surface area (Å²) in [5.74, 6) is -0.979. The van der Waals surface area contributed by atoms with Gasteiger partial charge in [0, 0.05) is 16.1 Å². The molecule has 0 aliphatic rings. The highest BCUT2D eigenvalue weighted by Crippen LogP contribution is 2.38. The minimum absolute atomic E-state index is 0.165. The number of ether oxygens (including phenoxy) is 1. The number of phenolic OH excluding ortho intramolecular Hbond substituents is 1. The minimum Gasteiger partial charge on any atom is -0.504 e. The fourth-order valence-corrected chi connectivity index (χ4v) is 1.53. The van der Waals surface area contributed by atoms with Crippen LogP contribution < -0.4 is 4.74 Å². The second-order valence-electron chi connectivity index (χ2n) is 3.09. The summed E-state index contributed by atoms with van der Waals surface area (Å²) in [7, 11) is 1.39. The maximum absolute atomic E-state index is 10.5. The third-order valence-corrected chi connectivity index (χ3v) is 2.46. The molecule has 15 heavy (non-hydrogen) atoms. The summed E-state index contributed by atoms with van der Waals surface area (Å²) < 4.78 is 4.95. The van der Waals surface area contributed by atoms with E-state index in [9.17, 15) is 9.90 Å². The smallest absolute Gasteiger partial charge is 0.307 e. The highest BCUT2D eigenvalue weighted by Gasteiger charge is 2.16. The number of halogens is 1. The molecular weight excluding hydrogens is 220 g/mol. The van der Waals surface area contributed by atoms with Gasteiger partial charge in [0.2, 0.25) is 0 Å². The summed E-state index contributed by atoms with van der Waals surface area (Å²) >= 11 is 5.87. The average Bonchev–Trinajstić information content (AvgIpc) is 2.14. The molecule has 0 aromatic heterocycles. The van der Waals surface area contributed by atoms with Crippen molar-refractivity contribution < 1.29 is 19.7 Å². The first kappa shape index (κ1) is 11.7. The van der Waals surface area contributed by atoms with Crippen LogP contribution in [0.15, 0.2) is 6.07 Å². The van der Waals surface area contributed by atoms with E-state index >= 15 is 0 Å². The topological polar surface area (TPSA) is 66.8 Å². The first-order chi connectivity index (χ1) is 6.97. The van der Waals surface area contributed by atoms with Crippen LogP contribution in [0.2, 0.25) is 5.02 Å². The van der Waals surface area contributed by atoms with Gasteiger partial charge in [-0.3, -0.25) is 4.79 Å². The summed E-state index contributed by atoms with van der Waals surface area (Å²) in [5.41, 5.74) is 0.834. The van der Waals surface area contributed by atoms with E-state index in [1.807, 2.05) is 0 Å². The molecule has 1 rings (SSSR count). The molecule has 0 fully saturated rings. The largest absolute Gasteiger partial charge is 0.504 e. The summed E-state index contributed by atoms with van der Waals surface area (Å²) in [4.78, 5) is 10.5. The quantitative estimate of drug-likeness (QED) is 0.833. The normalized spacial score (nSPS) is 10.1. The lowest BCUT2D eigenvalue weighted by Crippen LogP contribution is -2.02. The van der Waals surface area contributed by atoms with Gasteiger partial charge in [0.25, 0.3) is 0 Å². The number of hydrogen-bond donors (Lipinski definition) is 2. The summed E-state index contributed by atoms with van der Waals surface area (Å²) in [6, 6.07) is 1.43. The van der Waals surface area contributed by atoms with Gasteiger partial charge in [-0.1, -0.05) is 11.6 Å². The van der Waals surface area contributed by atoms with E-state index in [2.05, 4.69) is 0 Å². The van der Waals surface area contributed by atoms with Crippen LogP contribution in [0, 0.1) is 6.92 Å². The van der Waals surface area contributed by atoms with Crippen molar-refractivity contribution in [1.29, 1.82) is 0 Å². The molecular formula is C10H11ClO4. The molecule has 4 nitrogen and oxygen atoms in total. The molecule has 0 spiro atoms. The van der Waals surface area contributed by atoms with Crippen LogP contribution in [0.1, 0.15) is 11.1 Å². The third kappa shape index (κ3) is 2.33. The van der Waals surface area contributed by atoms with E-state index in [0.717, 1.165) is 0 Å². The van der Waals surface area contributed by atoms with Crippen molar-refractivity contribution in [3.8, 4) is 11.5 Å². The summed E-state index contributed by atoms with van der Waals surface area (Å²) in [6.45, 7) is 1.69. The van der Waals surface area contributed by atoms with Crippen LogP contribution >= 0.6 is 11.6 Å². The molecule has 0 atom stereocenters. The Morgan fingerprint density at radius 2 is 2.20 bits per heavy atom. The highest BCUT2D eigenvalue weighted by molar-refractivity contribution is 6.31. The van der Waals surface area contributed by atoms with Crippen LogP contribution in [0.25, 0.3) is 0 Å². The first-order valence-electron chi connectivity index (χ1n) is 4.24. The van der Waals surface area contributed by atoms with Crippen molar-refractivity contribution in [2.75, 3.05) is 7.11 Å². The Labute approximate surface area is 92.1 Å². The Balaban J connectivity index is 3.30. The number of aromatic hydroxyl groups is 1. The Kier molecular flexibility index (Phi) is 3.42. The van der Waals surface area contributed by atoms with Crippen LogP contribution in [-0.4, -0.2) is 23.3 Å². The number of phenols is 1. The zero-order valence-corrected chi connectivity index (χ0v) is 9.13. The molecule has 1 aromatic carbocycles. The van der Waals surface area contributed by atoms with Gasteiger partial charge in [-0.2, -0.15) is 0 Å². The number of benzene rings is 1. The molecule has 5 heteroatoms. The molecule has 0 unspecified atom stereocenters. The second kappa shape index (κ2) is 4.40. The number of hydrogen-bond acceptors (Lipinski definition) is 3. The summed E-state index contributed by atoms with van der Waals surface area (Å²) in [5, 5.41) is 18.7. The lowest BCUT2D eigenvalue weighted by Gasteiger charge is -2.12. The third-order valence-electron chi connectivity index (χ3n) is 2.06. The van der Waals surface area contributed by atoms with Crippen molar-refractivity contribution in [3.63, 3.8) is 0 Å². The lowest BCUT2D eigenvalue weighted by molar-refractivity contribution is -0.136. The molecule has 0 aliphatic heterocycles. The molecule has 0 bridgehead atoms. The lowest BCUT2D eigenvalue weighted by atomic mass is 10.1.